The van der Waals surface area contributed by atoms with Crippen LogP contribution in [-0.2, 0) is 0 Å². The van der Waals surface area contributed by atoms with Crippen LogP contribution in [-0.4, -0.2) is 0 Å². The maximum absolute atomic E-state index is 14.7. The first-order valence-corrected chi connectivity index (χ1v) is 8.91. The maximum Gasteiger partial charge on any atom is 0.195 e. The molecule has 0 saturated heterocycles. The molecule has 4 heteroatoms. The minimum absolute atomic E-state index is 0.0214. The number of hydrogen-bond donors (Lipinski definition) is 0. The van der Waals surface area contributed by atoms with E-state index < -0.39 is 17.5 Å². The molecule has 26 heavy (non-hydrogen) atoms. The van der Waals surface area contributed by atoms with Crippen LogP contribution < -0.4 is 0 Å². The first kappa shape index (κ1) is 17.1. The Labute approximate surface area is 149 Å². The number of halogens is 4. The average molecular weight is 358 g/mol. The van der Waals surface area contributed by atoms with Gasteiger partial charge in [0, 0.05) is 10.9 Å². The smallest absolute Gasteiger partial charge is 0.195 e. The number of fused-ring (bicyclic) bond motifs is 1. The lowest BCUT2D eigenvalue weighted by molar-refractivity contribution is 0.442. The van der Waals surface area contributed by atoms with Gasteiger partial charge in [0.1, 0.15) is 5.82 Å². The second kappa shape index (κ2) is 6.75. The third-order valence-electron chi connectivity index (χ3n) is 5.35. The largest absolute Gasteiger partial charge is 0.206 e. The normalized spacial score (nSPS) is 15.5. The highest BCUT2D eigenvalue weighted by Crippen LogP contribution is 2.35. The Bertz CT molecular complexity index is 972. The van der Waals surface area contributed by atoms with Gasteiger partial charge in [-0.25, -0.2) is 17.6 Å². The summed E-state index contributed by atoms with van der Waals surface area (Å²) in [6.45, 7) is 0. The fraction of sp³-hybridized carbons (Fsp3) is 0.273. The molecule has 1 saturated carbocycles. The van der Waals surface area contributed by atoms with Gasteiger partial charge in [-0.3, -0.25) is 0 Å². The molecule has 1 aliphatic carbocycles. The monoisotopic (exact) mass is 358 g/mol. The molecule has 0 unspecified atom stereocenters. The summed E-state index contributed by atoms with van der Waals surface area (Å²) in [4.78, 5) is 0. The molecule has 0 aromatic heterocycles. The summed E-state index contributed by atoms with van der Waals surface area (Å²) in [5, 5.41) is 0.182. The molecule has 3 aromatic rings. The minimum atomic E-state index is -1.49. The zero-order valence-corrected chi connectivity index (χ0v) is 14.2. The van der Waals surface area contributed by atoms with Crippen molar-refractivity contribution in [1.82, 2.24) is 0 Å². The Morgan fingerprint density at radius 3 is 2.19 bits per heavy atom. The molecule has 0 bridgehead atoms. The Morgan fingerprint density at radius 1 is 0.692 bits per heavy atom. The van der Waals surface area contributed by atoms with Gasteiger partial charge >= 0.3 is 0 Å². The molecule has 0 radical (unpaired) electrons. The zero-order valence-electron chi connectivity index (χ0n) is 14.2. The summed E-state index contributed by atoms with van der Waals surface area (Å²) in [6.07, 6.45) is 5.75. The van der Waals surface area contributed by atoms with Crippen LogP contribution in [0.4, 0.5) is 17.6 Å². The number of benzene rings is 3. The lowest BCUT2D eigenvalue weighted by Crippen LogP contribution is -2.05. The van der Waals surface area contributed by atoms with Crippen molar-refractivity contribution < 1.29 is 17.6 Å². The highest BCUT2D eigenvalue weighted by molar-refractivity contribution is 5.88. The van der Waals surface area contributed by atoms with Crippen molar-refractivity contribution in [1.29, 1.82) is 0 Å². The predicted molar refractivity (Wildman–Crippen MR) is 95.0 cm³/mol. The molecule has 0 heterocycles. The van der Waals surface area contributed by atoms with E-state index in [2.05, 4.69) is 0 Å². The summed E-state index contributed by atoms with van der Waals surface area (Å²) in [6, 6.07) is 10.5. The first-order valence-electron chi connectivity index (χ1n) is 8.91. The van der Waals surface area contributed by atoms with Gasteiger partial charge in [0.2, 0.25) is 0 Å². The van der Waals surface area contributed by atoms with Crippen LogP contribution >= 0.6 is 0 Å². The van der Waals surface area contributed by atoms with E-state index in [0.717, 1.165) is 24.5 Å². The maximum atomic E-state index is 14.7. The molecule has 0 spiro atoms. The molecule has 1 fully saturated rings. The van der Waals surface area contributed by atoms with Crippen molar-refractivity contribution in [2.75, 3.05) is 0 Å². The van der Waals surface area contributed by atoms with E-state index in [1.54, 1.807) is 12.1 Å². The third-order valence-corrected chi connectivity index (χ3v) is 5.35. The lowest BCUT2D eigenvalue weighted by atomic mass is 9.83. The highest BCUT2D eigenvalue weighted by Gasteiger charge is 2.18. The van der Waals surface area contributed by atoms with E-state index in [4.69, 9.17) is 0 Å². The zero-order chi connectivity index (χ0) is 18.3. The molecule has 0 amide bonds. The van der Waals surface area contributed by atoms with Crippen LogP contribution in [0, 0.1) is 23.3 Å². The molecule has 4 rings (SSSR count). The molecule has 134 valence electrons. The van der Waals surface area contributed by atoms with Gasteiger partial charge in [0.05, 0.1) is 0 Å². The first-order chi connectivity index (χ1) is 12.5. The second-order valence-electron chi connectivity index (χ2n) is 7.00. The molecule has 3 aromatic carbocycles. The fourth-order valence-electron chi connectivity index (χ4n) is 3.93. The molecule has 1 aliphatic rings. The van der Waals surface area contributed by atoms with Crippen molar-refractivity contribution in [3.05, 3.63) is 71.3 Å². The Balaban J connectivity index is 1.74. The van der Waals surface area contributed by atoms with Gasteiger partial charge in [-0.05, 0) is 53.5 Å². The van der Waals surface area contributed by atoms with Crippen molar-refractivity contribution >= 4 is 10.8 Å². The SMILES string of the molecule is Fc1cc(C2CCCCC2)ccc1-c1ccc2c(F)c(F)c(F)cc2c1. The van der Waals surface area contributed by atoms with E-state index in [-0.39, 0.29) is 16.6 Å². The predicted octanol–water partition coefficient (Wildman–Crippen LogP) is 7.11. The van der Waals surface area contributed by atoms with Crippen molar-refractivity contribution in [2.24, 2.45) is 0 Å². The standard InChI is InChI=1S/C22H18F4/c23-19-11-14(13-4-2-1-3-5-13)6-8-17(19)15-7-9-18-16(10-15)12-20(24)22(26)21(18)25/h6-13H,1-5H2. The van der Waals surface area contributed by atoms with Crippen LogP contribution in [0.1, 0.15) is 43.6 Å². The molecule has 0 atom stereocenters. The van der Waals surface area contributed by atoms with Crippen LogP contribution in [0.5, 0.6) is 0 Å². The Kier molecular flexibility index (Phi) is 4.43. The summed E-state index contributed by atoms with van der Waals surface area (Å²) in [5.74, 6) is -3.92. The van der Waals surface area contributed by atoms with Crippen molar-refractivity contribution in [3.63, 3.8) is 0 Å². The van der Waals surface area contributed by atoms with Gasteiger partial charge in [-0.2, -0.15) is 0 Å². The summed E-state index contributed by atoms with van der Waals surface area (Å²) >= 11 is 0. The number of rotatable bonds is 2. The topological polar surface area (TPSA) is 0 Å². The summed E-state index contributed by atoms with van der Waals surface area (Å²) in [7, 11) is 0. The van der Waals surface area contributed by atoms with Crippen LogP contribution in [0.3, 0.4) is 0 Å². The minimum Gasteiger partial charge on any atom is -0.206 e. The van der Waals surface area contributed by atoms with E-state index >= 15 is 0 Å². The van der Waals surface area contributed by atoms with Crippen LogP contribution in [0.2, 0.25) is 0 Å². The third kappa shape index (κ3) is 2.98. The van der Waals surface area contributed by atoms with Crippen molar-refractivity contribution in [3.8, 4) is 11.1 Å². The molecular weight excluding hydrogens is 340 g/mol. The highest BCUT2D eigenvalue weighted by atomic mass is 19.2. The molecule has 0 aliphatic heterocycles. The Hall–Kier alpha value is -2.36. The molecular formula is C22H18F4. The van der Waals surface area contributed by atoms with E-state index in [1.807, 2.05) is 6.07 Å². The number of hydrogen-bond acceptors (Lipinski definition) is 0. The van der Waals surface area contributed by atoms with E-state index in [1.165, 1.54) is 37.5 Å². The Morgan fingerprint density at radius 2 is 1.46 bits per heavy atom. The van der Waals surface area contributed by atoms with E-state index in [0.29, 0.717) is 17.0 Å². The van der Waals surface area contributed by atoms with Gasteiger partial charge in [0.15, 0.2) is 17.5 Å². The summed E-state index contributed by atoms with van der Waals surface area (Å²) < 4.78 is 55.4. The quantitative estimate of drug-likeness (QED) is 0.338. The summed E-state index contributed by atoms with van der Waals surface area (Å²) in [5.41, 5.74) is 1.89. The lowest BCUT2D eigenvalue weighted by Gasteiger charge is -2.22. The van der Waals surface area contributed by atoms with Gasteiger partial charge in [-0.15, -0.1) is 0 Å². The van der Waals surface area contributed by atoms with Crippen molar-refractivity contribution in [2.45, 2.75) is 38.0 Å². The van der Waals surface area contributed by atoms with Crippen LogP contribution in [0.25, 0.3) is 21.9 Å². The molecule has 0 nitrogen and oxygen atoms in total. The average Bonchev–Trinajstić information content (AvgIpc) is 2.66. The van der Waals surface area contributed by atoms with Gasteiger partial charge in [-0.1, -0.05) is 43.5 Å². The fourth-order valence-corrected chi connectivity index (χ4v) is 3.93. The van der Waals surface area contributed by atoms with E-state index in [9.17, 15) is 17.6 Å². The van der Waals surface area contributed by atoms with Gasteiger partial charge < -0.3 is 0 Å². The van der Waals surface area contributed by atoms with Gasteiger partial charge in [0.25, 0.3) is 0 Å². The molecule has 0 N–H and O–H groups in total. The van der Waals surface area contributed by atoms with Crippen LogP contribution in [0.15, 0.2) is 42.5 Å². The second-order valence-corrected chi connectivity index (χ2v) is 7.00.